The molecule has 1 aromatic rings. The lowest BCUT2D eigenvalue weighted by Crippen LogP contribution is -2.54. The topological polar surface area (TPSA) is 38.8 Å². The molecule has 24 heavy (non-hydrogen) atoms. The number of rotatable bonds is 7. The lowest BCUT2D eigenvalue weighted by Gasteiger charge is -2.40. The van der Waals surface area contributed by atoms with Crippen molar-refractivity contribution in [1.29, 1.82) is 0 Å². The number of hydrogen-bond donors (Lipinski definition) is 0. The number of carbonyl (C=O) groups excluding carboxylic acids is 1. The summed E-state index contributed by atoms with van der Waals surface area (Å²) >= 11 is 0. The summed E-state index contributed by atoms with van der Waals surface area (Å²) in [5, 5.41) is 0. The van der Waals surface area contributed by atoms with Gasteiger partial charge in [-0.3, -0.25) is 4.79 Å². The molecule has 1 aromatic carbocycles. The van der Waals surface area contributed by atoms with Gasteiger partial charge in [0.05, 0.1) is 0 Å². The fourth-order valence-electron chi connectivity index (χ4n) is 3.32. The monoisotopic (exact) mass is 333 g/mol. The highest BCUT2D eigenvalue weighted by Gasteiger charge is 2.38. The van der Waals surface area contributed by atoms with Crippen LogP contribution in [-0.4, -0.2) is 42.7 Å². The third kappa shape index (κ3) is 4.97. The Balaban J connectivity index is 2.03. The molecule has 4 nitrogen and oxygen atoms in total. The molecular weight excluding hydrogens is 302 g/mol. The molecule has 0 N–H and O–H groups in total. The van der Waals surface area contributed by atoms with Crippen LogP contribution in [0.3, 0.4) is 0 Å². The third-order valence-electron chi connectivity index (χ3n) is 4.68. The van der Waals surface area contributed by atoms with Crippen LogP contribution in [0, 0.1) is 6.92 Å². The SMILES string of the molecule is COCCCC1CCCCN1C(=O)C(C)(C)Oc1ccc(C)cc1. The van der Waals surface area contributed by atoms with Gasteiger partial charge in [-0.25, -0.2) is 0 Å². The highest BCUT2D eigenvalue weighted by molar-refractivity contribution is 5.85. The van der Waals surface area contributed by atoms with Crippen LogP contribution in [0.25, 0.3) is 0 Å². The Morgan fingerprint density at radius 2 is 1.96 bits per heavy atom. The summed E-state index contributed by atoms with van der Waals surface area (Å²) in [5.41, 5.74) is 0.326. The zero-order chi connectivity index (χ0) is 17.6. The molecule has 1 aliphatic heterocycles. The molecule has 0 aliphatic carbocycles. The van der Waals surface area contributed by atoms with Crippen molar-refractivity contribution in [3.8, 4) is 5.75 Å². The fourth-order valence-corrected chi connectivity index (χ4v) is 3.32. The van der Waals surface area contributed by atoms with Crippen LogP contribution in [0.5, 0.6) is 5.75 Å². The van der Waals surface area contributed by atoms with Crippen LogP contribution in [-0.2, 0) is 9.53 Å². The summed E-state index contributed by atoms with van der Waals surface area (Å²) in [6.45, 7) is 7.36. The van der Waals surface area contributed by atoms with Gasteiger partial charge in [0.25, 0.3) is 5.91 Å². The highest BCUT2D eigenvalue weighted by atomic mass is 16.5. The molecular formula is C20H31NO3. The van der Waals surface area contributed by atoms with Crippen molar-refractivity contribution in [3.63, 3.8) is 0 Å². The summed E-state index contributed by atoms with van der Waals surface area (Å²) in [6.07, 6.45) is 5.34. The molecule has 2 rings (SSSR count). The molecule has 1 amide bonds. The van der Waals surface area contributed by atoms with E-state index >= 15 is 0 Å². The summed E-state index contributed by atoms with van der Waals surface area (Å²) in [7, 11) is 1.72. The number of benzene rings is 1. The lowest BCUT2D eigenvalue weighted by atomic mass is 9.95. The van der Waals surface area contributed by atoms with Crippen molar-refractivity contribution in [2.24, 2.45) is 0 Å². The number of ether oxygens (including phenoxy) is 2. The first-order valence-corrected chi connectivity index (χ1v) is 9.00. The number of nitrogens with zero attached hydrogens (tertiary/aromatic N) is 1. The van der Waals surface area contributed by atoms with Crippen molar-refractivity contribution >= 4 is 5.91 Å². The molecule has 0 saturated carbocycles. The minimum Gasteiger partial charge on any atom is -0.478 e. The number of hydrogen-bond acceptors (Lipinski definition) is 3. The van der Waals surface area contributed by atoms with E-state index in [1.165, 1.54) is 12.0 Å². The van der Waals surface area contributed by atoms with Crippen molar-refractivity contribution in [2.75, 3.05) is 20.3 Å². The second kappa shape index (κ2) is 8.52. The summed E-state index contributed by atoms with van der Waals surface area (Å²) in [5.74, 6) is 0.831. The van der Waals surface area contributed by atoms with Crippen LogP contribution in [0.4, 0.5) is 0 Å². The average molecular weight is 333 g/mol. The Kier molecular flexibility index (Phi) is 6.67. The zero-order valence-corrected chi connectivity index (χ0v) is 15.5. The first-order chi connectivity index (χ1) is 11.4. The molecule has 1 atom stereocenters. The van der Waals surface area contributed by atoms with Gasteiger partial charge < -0.3 is 14.4 Å². The average Bonchev–Trinajstić information content (AvgIpc) is 2.57. The van der Waals surface area contributed by atoms with Crippen LogP contribution in [0.1, 0.15) is 51.5 Å². The van der Waals surface area contributed by atoms with E-state index in [4.69, 9.17) is 9.47 Å². The van der Waals surface area contributed by atoms with Gasteiger partial charge in [-0.05, 0) is 65.0 Å². The van der Waals surface area contributed by atoms with Crippen LogP contribution < -0.4 is 4.74 Å². The van der Waals surface area contributed by atoms with Gasteiger partial charge in [0.15, 0.2) is 5.60 Å². The Bertz CT molecular complexity index is 524. The number of likely N-dealkylation sites (tertiary alicyclic amines) is 1. The molecule has 1 fully saturated rings. The second-order valence-electron chi connectivity index (χ2n) is 7.21. The smallest absolute Gasteiger partial charge is 0.266 e. The van der Waals surface area contributed by atoms with Crippen molar-refractivity contribution in [1.82, 2.24) is 4.90 Å². The standard InChI is InChI=1S/C20H31NO3/c1-16-10-12-18(13-11-16)24-20(2,3)19(22)21-14-6-5-8-17(21)9-7-15-23-4/h10-13,17H,5-9,14-15H2,1-4H3. The van der Waals surface area contributed by atoms with Gasteiger partial charge in [0, 0.05) is 26.3 Å². The number of aryl methyl sites for hydroxylation is 1. The van der Waals surface area contributed by atoms with Crippen LogP contribution in [0.2, 0.25) is 0 Å². The molecule has 1 aliphatic rings. The number of amides is 1. The molecule has 0 radical (unpaired) electrons. The van der Waals surface area contributed by atoms with Gasteiger partial charge in [0.1, 0.15) is 5.75 Å². The van der Waals surface area contributed by atoms with Gasteiger partial charge in [-0.1, -0.05) is 17.7 Å². The van der Waals surface area contributed by atoms with Gasteiger partial charge in [-0.15, -0.1) is 0 Å². The normalized spacial score (nSPS) is 18.5. The molecule has 1 unspecified atom stereocenters. The fraction of sp³-hybridized carbons (Fsp3) is 0.650. The molecule has 134 valence electrons. The molecule has 0 aromatic heterocycles. The lowest BCUT2D eigenvalue weighted by molar-refractivity contribution is -0.149. The maximum atomic E-state index is 13.1. The van der Waals surface area contributed by atoms with Crippen molar-refractivity contribution in [2.45, 2.75) is 64.5 Å². The molecule has 0 bridgehead atoms. The Morgan fingerprint density at radius 1 is 1.25 bits per heavy atom. The molecule has 1 heterocycles. The minimum absolute atomic E-state index is 0.0881. The Labute approximate surface area is 146 Å². The van der Waals surface area contributed by atoms with Gasteiger partial charge in [0.2, 0.25) is 0 Å². The number of carbonyl (C=O) groups is 1. The number of piperidine rings is 1. The Hall–Kier alpha value is -1.55. The maximum Gasteiger partial charge on any atom is 0.266 e. The number of methoxy groups -OCH3 is 1. The van der Waals surface area contributed by atoms with E-state index in [0.29, 0.717) is 6.04 Å². The Morgan fingerprint density at radius 3 is 2.62 bits per heavy atom. The van der Waals surface area contributed by atoms with E-state index in [-0.39, 0.29) is 5.91 Å². The van der Waals surface area contributed by atoms with Gasteiger partial charge in [-0.2, -0.15) is 0 Å². The summed E-state index contributed by atoms with van der Waals surface area (Å²) in [6, 6.07) is 8.17. The predicted octanol–water partition coefficient (Wildman–Crippen LogP) is 3.96. The molecule has 0 spiro atoms. The first-order valence-electron chi connectivity index (χ1n) is 9.00. The zero-order valence-electron chi connectivity index (χ0n) is 15.5. The van der Waals surface area contributed by atoms with Gasteiger partial charge >= 0.3 is 0 Å². The third-order valence-corrected chi connectivity index (χ3v) is 4.68. The van der Waals surface area contributed by atoms with Crippen LogP contribution >= 0.6 is 0 Å². The quantitative estimate of drug-likeness (QED) is 0.709. The van der Waals surface area contributed by atoms with E-state index in [1.807, 2.05) is 49.9 Å². The minimum atomic E-state index is -0.855. The van der Waals surface area contributed by atoms with E-state index in [9.17, 15) is 4.79 Å². The summed E-state index contributed by atoms with van der Waals surface area (Å²) < 4.78 is 11.2. The van der Waals surface area contributed by atoms with Crippen molar-refractivity contribution in [3.05, 3.63) is 29.8 Å². The summed E-state index contributed by atoms with van der Waals surface area (Å²) in [4.78, 5) is 15.1. The largest absolute Gasteiger partial charge is 0.478 e. The molecule has 4 heteroatoms. The van der Waals surface area contributed by atoms with E-state index in [1.54, 1.807) is 7.11 Å². The molecule has 1 saturated heterocycles. The second-order valence-corrected chi connectivity index (χ2v) is 7.21. The van der Waals surface area contributed by atoms with E-state index in [0.717, 1.165) is 44.6 Å². The first kappa shape index (κ1) is 18.8. The van der Waals surface area contributed by atoms with Crippen molar-refractivity contribution < 1.29 is 14.3 Å². The van der Waals surface area contributed by atoms with E-state index < -0.39 is 5.60 Å². The predicted molar refractivity (Wildman–Crippen MR) is 96.3 cm³/mol. The van der Waals surface area contributed by atoms with Crippen LogP contribution in [0.15, 0.2) is 24.3 Å². The maximum absolute atomic E-state index is 13.1. The van der Waals surface area contributed by atoms with E-state index in [2.05, 4.69) is 0 Å². The highest BCUT2D eigenvalue weighted by Crippen LogP contribution is 2.27.